The monoisotopic (exact) mass is 348 g/mol. The minimum Gasteiger partial charge on any atom is -0.339 e. The fraction of sp³-hybridized carbons (Fsp3) is 0.300. The molecule has 1 amide bonds. The molecular formula is C20H20N4O2. The first kappa shape index (κ1) is 16.4. The molecule has 26 heavy (non-hydrogen) atoms. The van der Waals surface area contributed by atoms with Crippen LogP contribution in [0.2, 0.25) is 0 Å². The van der Waals surface area contributed by atoms with E-state index >= 15 is 0 Å². The van der Waals surface area contributed by atoms with Crippen LogP contribution in [0.4, 0.5) is 0 Å². The molecule has 6 nitrogen and oxygen atoms in total. The van der Waals surface area contributed by atoms with Crippen molar-refractivity contribution in [2.75, 3.05) is 6.54 Å². The highest BCUT2D eigenvalue weighted by molar-refractivity contribution is 5.79. The van der Waals surface area contributed by atoms with Gasteiger partial charge in [-0.05, 0) is 29.7 Å². The molecule has 3 aromatic rings. The summed E-state index contributed by atoms with van der Waals surface area (Å²) in [5.41, 5.74) is 3.24. The smallest absolute Gasteiger partial charge is 0.232 e. The van der Waals surface area contributed by atoms with E-state index in [2.05, 4.69) is 46.3 Å². The summed E-state index contributed by atoms with van der Waals surface area (Å²) < 4.78 is 5.41. The van der Waals surface area contributed by atoms with E-state index < -0.39 is 0 Å². The summed E-state index contributed by atoms with van der Waals surface area (Å²) in [4.78, 5) is 22.8. The average Bonchev–Trinajstić information content (AvgIpc) is 3.31. The molecule has 0 spiro atoms. The van der Waals surface area contributed by atoms with Crippen molar-refractivity contribution >= 4 is 5.91 Å². The number of hydrogen-bond donors (Lipinski definition) is 0. The Bertz CT molecular complexity index is 890. The molecule has 0 bridgehead atoms. The van der Waals surface area contributed by atoms with E-state index in [-0.39, 0.29) is 11.8 Å². The van der Waals surface area contributed by atoms with Crippen molar-refractivity contribution in [3.05, 3.63) is 65.8 Å². The third-order valence-electron chi connectivity index (χ3n) is 4.73. The van der Waals surface area contributed by atoms with Crippen molar-refractivity contribution in [2.24, 2.45) is 0 Å². The molecule has 1 aromatic carbocycles. The first-order chi connectivity index (χ1) is 12.7. The normalized spacial score (nSPS) is 17.0. The van der Waals surface area contributed by atoms with Crippen LogP contribution in [0.5, 0.6) is 0 Å². The van der Waals surface area contributed by atoms with E-state index in [0.717, 1.165) is 17.5 Å². The van der Waals surface area contributed by atoms with E-state index in [1.807, 2.05) is 17.0 Å². The SMILES string of the molecule is CCc1ccc(CN2CC(c3nc(-c4cccnc4)no3)CC2=O)cc1. The molecule has 132 valence electrons. The number of aryl methyl sites for hydroxylation is 1. The lowest BCUT2D eigenvalue weighted by molar-refractivity contribution is -0.128. The minimum absolute atomic E-state index is 0.0599. The maximum atomic E-state index is 12.4. The summed E-state index contributed by atoms with van der Waals surface area (Å²) in [5.74, 6) is 1.08. The van der Waals surface area contributed by atoms with E-state index in [0.29, 0.717) is 31.2 Å². The zero-order valence-electron chi connectivity index (χ0n) is 14.6. The number of carbonyl (C=O) groups is 1. The van der Waals surface area contributed by atoms with E-state index in [9.17, 15) is 4.79 Å². The lowest BCUT2D eigenvalue weighted by Gasteiger charge is -2.16. The van der Waals surface area contributed by atoms with Gasteiger partial charge >= 0.3 is 0 Å². The van der Waals surface area contributed by atoms with Crippen molar-refractivity contribution in [3.8, 4) is 11.4 Å². The second-order valence-electron chi connectivity index (χ2n) is 6.54. The first-order valence-corrected chi connectivity index (χ1v) is 8.82. The first-order valence-electron chi connectivity index (χ1n) is 8.82. The van der Waals surface area contributed by atoms with Crippen LogP contribution in [0.15, 0.2) is 53.3 Å². The molecule has 1 aliphatic rings. The second kappa shape index (κ2) is 7.07. The lowest BCUT2D eigenvalue weighted by atomic mass is 10.1. The third kappa shape index (κ3) is 3.35. The number of likely N-dealkylation sites (tertiary alicyclic amines) is 1. The molecule has 6 heteroatoms. The van der Waals surface area contributed by atoms with Crippen LogP contribution in [0.3, 0.4) is 0 Å². The van der Waals surface area contributed by atoms with Crippen LogP contribution < -0.4 is 0 Å². The van der Waals surface area contributed by atoms with Gasteiger partial charge in [0.25, 0.3) is 0 Å². The predicted molar refractivity (Wildman–Crippen MR) is 96.1 cm³/mol. The molecule has 0 saturated carbocycles. The molecule has 1 aliphatic heterocycles. The van der Waals surface area contributed by atoms with Crippen LogP contribution in [0, 0.1) is 0 Å². The Morgan fingerprint density at radius 3 is 2.73 bits per heavy atom. The summed E-state index contributed by atoms with van der Waals surface area (Å²) in [6.07, 6.45) is 4.81. The van der Waals surface area contributed by atoms with Crippen molar-refractivity contribution in [1.29, 1.82) is 0 Å². The average molecular weight is 348 g/mol. The van der Waals surface area contributed by atoms with Gasteiger partial charge in [0.15, 0.2) is 0 Å². The quantitative estimate of drug-likeness (QED) is 0.708. The summed E-state index contributed by atoms with van der Waals surface area (Å²) in [6.45, 7) is 3.35. The summed E-state index contributed by atoms with van der Waals surface area (Å²) in [5, 5.41) is 4.03. The Kier molecular flexibility index (Phi) is 4.48. The Labute approximate surface area is 151 Å². The third-order valence-corrected chi connectivity index (χ3v) is 4.73. The fourth-order valence-electron chi connectivity index (χ4n) is 3.20. The number of hydrogen-bond acceptors (Lipinski definition) is 5. The summed E-state index contributed by atoms with van der Waals surface area (Å²) in [7, 11) is 0. The fourth-order valence-corrected chi connectivity index (χ4v) is 3.20. The predicted octanol–water partition coefficient (Wildman–Crippen LogP) is 3.21. The van der Waals surface area contributed by atoms with E-state index in [4.69, 9.17) is 4.52 Å². The summed E-state index contributed by atoms with van der Waals surface area (Å²) >= 11 is 0. The highest BCUT2D eigenvalue weighted by Gasteiger charge is 2.34. The molecule has 3 heterocycles. The highest BCUT2D eigenvalue weighted by Crippen LogP contribution is 2.29. The maximum absolute atomic E-state index is 12.4. The van der Waals surface area contributed by atoms with Crippen LogP contribution in [-0.2, 0) is 17.8 Å². The molecule has 1 atom stereocenters. The summed E-state index contributed by atoms with van der Waals surface area (Å²) in [6, 6.07) is 12.1. The van der Waals surface area contributed by atoms with Gasteiger partial charge in [0.2, 0.25) is 17.6 Å². The van der Waals surface area contributed by atoms with Crippen LogP contribution in [-0.4, -0.2) is 32.5 Å². The number of benzene rings is 1. The maximum Gasteiger partial charge on any atom is 0.232 e. The van der Waals surface area contributed by atoms with Gasteiger partial charge in [0.1, 0.15) is 0 Å². The van der Waals surface area contributed by atoms with Crippen LogP contribution in [0.25, 0.3) is 11.4 Å². The molecule has 0 radical (unpaired) electrons. The number of nitrogens with zero attached hydrogens (tertiary/aromatic N) is 4. The van der Waals surface area contributed by atoms with Gasteiger partial charge in [-0.3, -0.25) is 9.78 Å². The number of pyridine rings is 1. The van der Waals surface area contributed by atoms with Crippen LogP contribution >= 0.6 is 0 Å². The number of rotatable bonds is 5. The Hall–Kier alpha value is -3.02. The standard InChI is InChI=1S/C20H20N4O2/c1-2-14-5-7-15(8-6-14)12-24-13-17(10-18(24)25)20-22-19(23-26-20)16-4-3-9-21-11-16/h3-9,11,17H,2,10,12-13H2,1H3. The van der Waals surface area contributed by atoms with Gasteiger partial charge in [-0.1, -0.05) is 36.3 Å². The number of aromatic nitrogens is 3. The number of carbonyl (C=O) groups excluding carboxylic acids is 1. The van der Waals surface area contributed by atoms with E-state index in [1.165, 1.54) is 5.56 Å². The largest absolute Gasteiger partial charge is 0.339 e. The lowest BCUT2D eigenvalue weighted by Crippen LogP contribution is -2.24. The molecular weight excluding hydrogens is 328 g/mol. The van der Waals surface area contributed by atoms with Crippen molar-refractivity contribution in [3.63, 3.8) is 0 Å². The highest BCUT2D eigenvalue weighted by atomic mass is 16.5. The van der Waals surface area contributed by atoms with Gasteiger partial charge in [-0.2, -0.15) is 4.98 Å². The van der Waals surface area contributed by atoms with Crippen LogP contribution in [0.1, 0.15) is 36.3 Å². The Morgan fingerprint density at radius 1 is 1.19 bits per heavy atom. The zero-order chi connectivity index (χ0) is 17.9. The van der Waals surface area contributed by atoms with Gasteiger partial charge in [0.05, 0.1) is 5.92 Å². The minimum atomic E-state index is -0.0599. The van der Waals surface area contributed by atoms with Crippen molar-refractivity contribution in [1.82, 2.24) is 20.0 Å². The van der Waals surface area contributed by atoms with E-state index in [1.54, 1.807) is 12.4 Å². The van der Waals surface area contributed by atoms with Gasteiger partial charge in [0, 0.05) is 37.5 Å². The molecule has 4 rings (SSSR count). The second-order valence-corrected chi connectivity index (χ2v) is 6.54. The molecule has 0 N–H and O–H groups in total. The molecule has 1 unspecified atom stereocenters. The number of amides is 1. The van der Waals surface area contributed by atoms with Crippen molar-refractivity contribution in [2.45, 2.75) is 32.2 Å². The molecule has 0 aliphatic carbocycles. The van der Waals surface area contributed by atoms with Gasteiger partial charge in [-0.15, -0.1) is 0 Å². The topological polar surface area (TPSA) is 72.1 Å². The molecule has 1 saturated heterocycles. The molecule has 1 fully saturated rings. The van der Waals surface area contributed by atoms with Crippen molar-refractivity contribution < 1.29 is 9.32 Å². The molecule has 2 aromatic heterocycles. The van der Waals surface area contributed by atoms with Gasteiger partial charge < -0.3 is 9.42 Å². The zero-order valence-corrected chi connectivity index (χ0v) is 14.6. The Balaban J connectivity index is 1.45. The van der Waals surface area contributed by atoms with Gasteiger partial charge in [-0.25, -0.2) is 0 Å². The Morgan fingerprint density at radius 2 is 2.00 bits per heavy atom.